The molecule has 1 aliphatic rings. The van der Waals surface area contributed by atoms with Crippen LogP contribution < -0.4 is 10.6 Å². The average molecular weight is 297 g/mol. The van der Waals surface area contributed by atoms with Crippen molar-refractivity contribution in [3.05, 3.63) is 29.3 Å². The van der Waals surface area contributed by atoms with Gasteiger partial charge in [0, 0.05) is 22.8 Å². The molecule has 1 fully saturated rings. The summed E-state index contributed by atoms with van der Waals surface area (Å²) in [5, 5.41) is 0.631. The normalized spacial score (nSPS) is 16.6. The molecule has 1 saturated carbocycles. The zero-order valence-electron chi connectivity index (χ0n) is 12.1. The number of anilines is 1. The summed E-state index contributed by atoms with van der Waals surface area (Å²) in [6.45, 7) is 6.00. The van der Waals surface area contributed by atoms with Gasteiger partial charge in [-0.05, 0) is 57.9 Å². The Labute approximate surface area is 124 Å². The van der Waals surface area contributed by atoms with Gasteiger partial charge in [0.2, 0.25) is 0 Å². The molecule has 2 rings (SSSR count). The van der Waals surface area contributed by atoms with E-state index in [-0.39, 0.29) is 11.6 Å². The summed E-state index contributed by atoms with van der Waals surface area (Å²) in [4.78, 5) is 14.0. The van der Waals surface area contributed by atoms with Crippen molar-refractivity contribution in [1.82, 2.24) is 0 Å². The van der Waals surface area contributed by atoms with Crippen LogP contribution in [0.5, 0.6) is 0 Å². The maximum Gasteiger partial charge on any atom is 0.414 e. The summed E-state index contributed by atoms with van der Waals surface area (Å²) in [5.74, 6) is 0. The Kier molecular flexibility index (Phi) is 3.98. The van der Waals surface area contributed by atoms with Crippen molar-refractivity contribution < 1.29 is 9.53 Å². The average Bonchev–Trinajstić information content (AvgIpc) is 3.04. The van der Waals surface area contributed by atoms with Crippen molar-refractivity contribution >= 4 is 23.4 Å². The number of carbonyl (C=O) groups excluding carboxylic acids is 1. The summed E-state index contributed by atoms with van der Waals surface area (Å²) in [6, 6.07) is 7.12. The van der Waals surface area contributed by atoms with Crippen LogP contribution in [0.4, 0.5) is 10.5 Å². The highest BCUT2D eigenvalue weighted by Gasteiger charge is 2.42. The van der Waals surface area contributed by atoms with Gasteiger partial charge in [-0.25, -0.2) is 4.79 Å². The lowest BCUT2D eigenvalue weighted by atomic mass is 10.2. The van der Waals surface area contributed by atoms with Crippen molar-refractivity contribution in [2.24, 2.45) is 5.73 Å². The first-order valence-electron chi connectivity index (χ1n) is 6.74. The molecule has 1 aromatic rings. The van der Waals surface area contributed by atoms with E-state index in [1.54, 1.807) is 29.2 Å². The van der Waals surface area contributed by atoms with Crippen LogP contribution in [0.3, 0.4) is 0 Å². The molecule has 0 heterocycles. The minimum Gasteiger partial charge on any atom is -0.443 e. The van der Waals surface area contributed by atoms with Crippen molar-refractivity contribution in [2.45, 2.75) is 44.8 Å². The fourth-order valence-corrected chi connectivity index (χ4v) is 1.96. The summed E-state index contributed by atoms with van der Waals surface area (Å²) >= 11 is 5.89. The third-order valence-corrected chi connectivity index (χ3v) is 3.37. The van der Waals surface area contributed by atoms with Gasteiger partial charge in [0.1, 0.15) is 5.60 Å². The monoisotopic (exact) mass is 296 g/mol. The van der Waals surface area contributed by atoms with Gasteiger partial charge in [0.15, 0.2) is 0 Å². The number of hydrogen-bond acceptors (Lipinski definition) is 3. The number of nitrogens with zero attached hydrogens (tertiary/aromatic N) is 1. The van der Waals surface area contributed by atoms with Crippen LogP contribution in [0.1, 0.15) is 33.6 Å². The van der Waals surface area contributed by atoms with Crippen molar-refractivity contribution in [3.8, 4) is 0 Å². The molecule has 4 nitrogen and oxygen atoms in total. The van der Waals surface area contributed by atoms with Crippen molar-refractivity contribution in [3.63, 3.8) is 0 Å². The summed E-state index contributed by atoms with van der Waals surface area (Å²) in [6.07, 6.45) is 1.48. The largest absolute Gasteiger partial charge is 0.443 e. The molecule has 1 aliphatic carbocycles. The first kappa shape index (κ1) is 15.1. The second kappa shape index (κ2) is 5.26. The molecule has 2 N–H and O–H groups in total. The third-order valence-electron chi connectivity index (χ3n) is 3.12. The predicted octanol–water partition coefficient (Wildman–Crippen LogP) is 3.57. The number of carbonyl (C=O) groups is 1. The number of amides is 1. The smallest absolute Gasteiger partial charge is 0.414 e. The highest BCUT2D eigenvalue weighted by molar-refractivity contribution is 6.30. The Morgan fingerprint density at radius 2 is 1.90 bits per heavy atom. The number of hydrogen-bond donors (Lipinski definition) is 1. The Morgan fingerprint density at radius 3 is 2.35 bits per heavy atom. The quantitative estimate of drug-likeness (QED) is 0.927. The Hall–Kier alpha value is -1.26. The predicted molar refractivity (Wildman–Crippen MR) is 81.2 cm³/mol. The molecule has 1 amide bonds. The lowest BCUT2D eigenvalue weighted by Crippen LogP contribution is -2.45. The van der Waals surface area contributed by atoms with Gasteiger partial charge in [-0.2, -0.15) is 0 Å². The maximum atomic E-state index is 12.4. The molecule has 0 aromatic heterocycles. The highest BCUT2D eigenvalue weighted by Crippen LogP contribution is 2.35. The Bertz CT molecular complexity index is 490. The van der Waals surface area contributed by atoms with E-state index in [9.17, 15) is 4.79 Å². The Morgan fingerprint density at radius 1 is 1.35 bits per heavy atom. The number of ether oxygens (including phenoxy) is 1. The first-order valence-corrected chi connectivity index (χ1v) is 7.11. The molecule has 110 valence electrons. The van der Waals surface area contributed by atoms with E-state index < -0.39 is 5.60 Å². The van der Waals surface area contributed by atoms with Gasteiger partial charge in [-0.15, -0.1) is 0 Å². The van der Waals surface area contributed by atoms with Crippen LogP contribution in [0.15, 0.2) is 24.3 Å². The van der Waals surface area contributed by atoms with Crippen LogP contribution in [0.25, 0.3) is 0 Å². The molecule has 0 aliphatic heterocycles. The zero-order valence-corrected chi connectivity index (χ0v) is 12.9. The molecule has 5 heteroatoms. The van der Waals surface area contributed by atoms with E-state index in [1.165, 1.54) is 0 Å². The summed E-state index contributed by atoms with van der Waals surface area (Å²) in [7, 11) is 0. The first-order chi connectivity index (χ1) is 9.19. The summed E-state index contributed by atoms with van der Waals surface area (Å²) < 4.78 is 5.46. The minimum atomic E-state index is -0.535. The van der Waals surface area contributed by atoms with E-state index in [0.717, 1.165) is 18.5 Å². The van der Waals surface area contributed by atoms with Gasteiger partial charge in [0.05, 0.1) is 0 Å². The highest BCUT2D eigenvalue weighted by atomic mass is 35.5. The fraction of sp³-hybridized carbons (Fsp3) is 0.533. The molecular formula is C15H21ClN2O2. The van der Waals surface area contributed by atoms with E-state index in [4.69, 9.17) is 22.1 Å². The number of nitrogens with two attached hydrogens (primary N) is 1. The molecule has 0 radical (unpaired) electrons. The lowest BCUT2D eigenvalue weighted by molar-refractivity contribution is 0.0577. The van der Waals surface area contributed by atoms with Gasteiger partial charge in [-0.3, -0.25) is 4.90 Å². The molecule has 0 atom stereocenters. The van der Waals surface area contributed by atoms with Crippen LogP contribution in [0, 0.1) is 0 Å². The van der Waals surface area contributed by atoms with Gasteiger partial charge in [-0.1, -0.05) is 11.6 Å². The van der Waals surface area contributed by atoms with Crippen molar-refractivity contribution in [1.29, 1.82) is 0 Å². The van der Waals surface area contributed by atoms with Gasteiger partial charge in [0.25, 0.3) is 0 Å². The minimum absolute atomic E-state index is 0.281. The van der Waals surface area contributed by atoms with Gasteiger partial charge < -0.3 is 10.5 Å². The second-order valence-electron chi connectivity index (χ2n) is 6.41. The van der Waals surface area contributed by atoms with Crippen LogP contribution >= 0.6 is 11.6 Å². The molecule has 0 bridgehead atoms. The molecular weight excluding hydrogens is 276 g/mol. The number of benzene rings is 1. The third kappa shape index (κ3) is 4.12. The van der Waals surface area contributed by atoms with E-state index >= 15 is 0 Å². The van der Waals surface area contributed by atoms with Crippen molar-refractivity contribution in [2.75, 3.05) is 11.4 Å². The fourth-order valence-electron chi connectivity index (χ4n) is 1.83. The lowest BCUT2D eigenvalue weighted by Gasteiger charge is -2.29. The van der Waals surface area contributed by atoms with Crippen LogP contribution in [-0.2, 0) is 4.74 Å². The topological polar surface area (TPSA) is 55.6 Å². The molecule has 0 spiro atoms. The van der Waals surface area contributed by atoms with Crippen LogP contribution in [-0.4, -0.2) is 23.8 Å². The number of rotatable bonds is 3. The molecule has 20 heavy (non-hydrogen) atoms. The summed E-state index contributed by atoms with van der Waals surface area (Å²) in [5.41, 5.74) is 6.08. The second-order valence-corrected chi connectivity index (χ2v) is 6.84. The maximum absolute atomic E-state index is 12.4. The van der Waals surface area contributed by atoms with E-state index in [2.05, 4.69) is 0 Å². The standard InChI is InChI=1S/C15H21ClN2O2/c1-14(2,3)20-13(19)18(10-15(17)8-9-15)12-6-4-11(16)5-7-12/h4-7H,8-10,17H2,1-3H3. The van der Waals surface area contributed by atoms with E-state index in [0.29, 0.717) is 11.6 Å². The molecule has 0 saturated heterocycles. The molecule has 1 aromatic carbocycles. The number of halogens is 1. The van der Waals surface area contributed by atoms with Gasteiger partial charge >= 0.3 is 6.09 Å². The molecule has 0 unspecified atom stereocenters. The van der Waals surface area contributed by atoms with Crippen LogP contribution in [0.2, 0.25) is 5.02 Å². The van der Waals surface area contributed by atoms with E-state index in [1.807, 2.05) is 20.8 Å². The zero-order chi connectivity index (χ0) is 15.0. The Balaban J connectivity index is 2.20. The SMILES string of the molecule is CC(C)(C)OC(=O)N(CC1(N)CC1)c1ccc(Cl)cc1.